The average Bonchev–Trinajstić information content (AvgIpc) is 2.82. The van der Waals surface area contributed by atoms with Gasteiger partial charge in [-0.25, -0.2) is 0 Å². The number of carbonyl (C=O) groups is 1. The maximum atomic E-state index is 13.7. The molecule has 4 aliphatic heterocycles. The van der Waals surface area contributed by atoms with E-state index >= 15 is 0 Å². The summed E-state index contributed by atoms with van der Waals surface area (Å²) in [5, 5.41) is 0. The molecule has 4 aliphatic rings. The topological polar surface area (TPSA) is 35.2 Å². The largest absolute Gasteiger partial charge is 0.489 e. The van der Waals surface area contributed by atoms with Crippen molar-refractivity contribution in [1.82, 2.24) is 0 Å². The molecule has 2 N–H and O–H groups in total. The normalized spacial score (nSPS) is 32.8. The first-order valence-corrected chi connectivity index (χ1v) is 11.6. The Hall–Kier alpha value is -2.95. The lowest BCUT2D eigenvalue weighted by Crippen LogP contribution is -3.41. The monoisotopic (exact) mass is 426 g/mol. The molecule has 2 atom stereocenters. The van der Waals surface area contributed by atoms with E-state index in [4.69, 9.17) is 4.74 Å². The fourth-order valence-corrected chi connectivity index (χ4v) is 6.68. The van der Waals surface area contributed by atoms with Crippen LogP contribution in [-0.4, -0.2) is 32.0 Å². The molecule has 32 heavy (non-hydrogen) atoms. The number of nitrogens with one attached hydrogen (secondary N) is 2. The second kappa shape index (κ2) is 7.29. The molecule has 7 rings (SSSR count). The number of carbonyl (C=O) groups excluding carboxylic acids is 1. The number of rotatable bonds is 5. The van der Waals surface area contributed by atoms with Gasteiger partial charge >= 0.3 is 0 Å². The van der Waals surface area contributed by atoms with Crippen LogP contribution in [0.4, 0.5) is 0 Å². The van der Waals surface area contributed by atoms with Gasteiger partial charge in [-0.2, -0.15) is 0 Å². The van der Waals surface area contributed by atoms with E-state index in [9.17, 15) is 4.79 Å². The predicted octanol–water partition coefficient (Wildman–Crippen LogP) is 1.59. The van der Waals surface area contributed by atoms with Gasteiger partial charge in [0.15, 0.2) is 11.2 Å². The number of ether oxygens (including phenoxy) is 1. The van der Waals surface area contributed by atoms with Crippen LogP contribution in [0.5, 0.6) is 5.75 Å². The minimum atomic E-state index is -0.341. The van der Waals surface area contributed by atoms with Crippen molar-refractivity contribution in [2.75, 3.05) is 26.2 Å². The standard InChI is InChI=1S/C28H28N2O2/c1-27-17-29-19-28(26(27)31,23-10-6-3-7-11-23)20-30(18-27)25(29)22-12-14-24(15-13-22)32-16-21-8-4-2-5-9-21/h2-15,25H,16-20H2,1H3/p+2. The molecule has 0 aromatic heterocycles. The van der Waals surface area contributed by atoms with Gasteiger partial charge in [0.05, 0.1) is 5.56 Å². The summed E-state index contributed by atoms with van der Waals surface area (Å²) >= 11 is 0. The van der Waals surface area contributed by atoms with Crippen LogP contribution in [0.25, 0.3) is 0 Å². The second-order valence-corrected chi connectivity index (χ2v) is 10.1. The predicted molar refractivity (Wildman–Crippen MR) is 123 cm³/mol. The minimum Gasteiger partial charge on any atom is -0.489 e. The molecule has 4 saturated heterocycles. The number of hydrogen-bond donors (Lipinski definition) is 2. The highest BCUT2D eigenvalue weighted by molar-refractivity contribution is 5.96. The van der Waals surface area contributed by atoms with Crippen LogP contribution >= 0.6 is 0 Å². The number of quaternary nitrogens is 2. The van der Waals surface area contributed by atoms with Crippen molar-refractivity contribution in [3.05, 3.63) is 102 Å². The van der Waals surface area contributed by atoms with E-state index in [0.29, 0.717) is 18.6 Å². The van der Waals surface area contributed by atoms with E-state index in [0.717, 1.165) is 31.9 Å². The molecule has 0 radical (unpaired) electrons. The summed E-state index contributed by atoms with van der Waals surface area (Å²) in [6.07, 6.45) is 0.385. The number of benzene rings is 3. The van der Waals surface area contributed by atoms with E-state index < -0.39 is 0 Å². The summed E-state index contributed by atoms with van der Waals surface area (Å²) in [5.74, 6) is 1.37. The summed E-state index contributed by atoms with van der Waals surface area (Å²) < 4.78 is 6.00. The zero-order valence-corrected chi connectivity index (χ0v) is 18.5. The Morgan fingerprint density at radius 3 is 2.03 bits per heavy atom. The third-order valence-corrected chi connectivity index (χ3v) is 7.88. The Labute approximate surface area is 189 Å². The van der Waals surface area contributed by atoms with Gasteiger partial charge in [0.25, 0.3) is 0 Å². The van der Waals surface area contributed by atoms with Crippen LogP contribution in [-0.2, 0) is 16.8 Å². The van der Waals surface area contributed by atoms with Crippen LogP contribution in [0.3, 0.4) is 0 Å². The Bertz CT molecular complexity index is 1110. The summed E-state index contributed by atoms with van der Waals surface area (Å²) in [6.45, 7) is 6.43. The van der Waals surface area contributed by atoms with Gasteiger partial charge in [-0.15, -0.1) is 0 Å². The molecule has 0 aliphatic carbocycles. The Kier molecular flexibility index (Phi) is 4.49. The van der Waals surface area contributed by atoms with Crippen LogP contribution < -0.4 is 14.5 Å². The number of hydrogen-bond acceptors (Lipinski definition) is 2. The highest BCUT2D eigenvalue weighted by atomic mass is 16.5. The molecular weight excluding hydrogens is 396 g/mol. The van der Waals surface area contributed by atoms with Crippen LogP contribution in [0.15, 0.2) is 84.9 Å². The quantitative estimate of drug-likeness (QED) is 0.650. The number of ketones is 1. The fourth-order valence-electron chi connectivity index (χ4n) is 6.68. The summed E-state index contributed by atoms with van der Waals surface area (Å²) in [7, 11) is 0. The first kappa shape index (κ1) is 19.7. The van der Waals surface area contributed by atoms with E-state index in [2.05, 4.69) is 67.6 Å². The molecule has 3 aromatic rings. The van der Waals surface area contributed by atoms with Gasteiger partial charge < -0.3 is 4.74 Å². The molecule has 0 spiro atoms. The fraction of sp³-hybridized carbons (Fsp3) is 0.321. The lowest BCUT2D eigenvalue weighted by molar-refractivity contribution is -1.18. The summed E-state index contributed by atoms with van der Waals surface area (Å²) in [6, 6.07) is 29.4. The zero-order chi connectivity index (χ0) is 21.8. The van der Waals surface area contributed by atoms with Crippen molar-refractivity contribution in [3.8, 4) is 5.75 Å². The molecule has 4 fully saturated rings. The van der Waals surface area contributed by atoms with Crippen molar-refractivity contribution in [2.45, 2.75) is 25.1 Å². The van der Waals surface area contributed by atoms with Crippen LogP contribution in [0, 0.1) is 5.41 Å². The van der Waals surface area contributed by atoms with E-state index in [-0.39, 0.29) is 10.8 Å². The van der Waals surface area contributed by atoms with Gasteiger partial charge in [0, 0.05) is 0 Å². The number of piperidine rings is 2. The molecule has 4 nitrogen and oxygen atoms in total. The van der Waals surface area contributed by atoms with Crippen molar-refractivity contribution in [1.29, 1.82) is 0 Å². The molecule has 2 unspecified atom stereocenters. The highest BCUT2D eigenvalue weighted by Crippen LogP contribution is 2.39. The molecule has 0 amide bonds. The maximum Gasteiger partial charge on any atom is 0.240 e. The van der Waals surface area contributed by atoms with Gasteiger partial charge in [-0.3, -0.25) is 14.6 Å². The van der Waals surface area contributed by atoms with Gasteiger partial charge in [-0.05, 0) is 42.3 Å². The van der Waals surface area contributed by atoms with Crippen molar-refractivity contribution < 1.29 is 19.3 Å². The zero-order valence-electron chi connectivity index (χ0n) is 18.5. The van der Waals surface area contributed by atoms with Gasteiger partial charge in [-0.1, -0.05) is 60.7 Å². The molecular formula is C28H30N2O2+2. The highest BCUT2D eigenvalue weighted by Gasteiger charge is 2.70. The molecule has 3 aromatic carbocycles. The van der Waals surface area contributed by atoms with E-state index in [1.807, 2.05) is 24.3 Å². The molecule has 4 heterocycles. The first-order valence-electron chi connectivity index (χ1n) is 11.6. The SMILES string of the molecule is CC12C[NH+]3CC(c4ccccc4)(C[NH+](C1)C3c1ccc(OCc3ccccc3)cc1)C2=O. The lowest BCUT2D eigenvalue weighted by atomic mass is 9.58. The Morgan fingerprint density at radius 2 is 1.41 bits per heavy atom. The van der Waals surface area contributed by atoms with Crippen molar-refractivity contribution >= 4 is 5.78 Å². The lowest BCUT2D eigenvalue weighted by Gasteiger charge is -2.59. The minimum absolute atomic E-state index is 0.230. The van der Waals surface area contributed by atoms with Crippen LogP contribution in [0.2, 0.25) is 0 Å². The third-order valence-electron chi connectivity index (χ3n) is 7.88. The second-order valence-electron chi connectivity index (χ2n) is 10.1. The summed E-state index contributed by atoms with van der Waals surface area (Å²) in [4.78, 5) is 16.7. The van der Waals surface area contributed by atoms with Gasteiger partial charge in [0.2, 0.25) is 6.17 Å². The molecule has 4 heteroatoms. The van der Waals surface area contributed by atoms with Crippen molar-refractivity contribution in [2.24, 2.45) is 5.41 Å². The van der Waals surface area contributed by atoms with E-state index in [1.165, 1.54) is 16.7 Å². The Balaban J connectivity index is 1.25. The first-order chi connectivity index (χ1) is 15.6. The smallest absolute Gasteiger partial charge is 0.240 e. The number of Topliss-reactive ketones (excluding diaryl/α,β-unsaturated/α-hetero) is 1. The van der Waals surface area contributed by atoms with E-state index in [1.54, 1.807) is 9.80 Å². The molecule has 4 bridgehead atoms. The maximum absolute atomic E-state index is 13.7. The third kappa shape index (κ3) is 3.01. The van der Waals surface area contributed by atoms with Crippen LogP contribution in [0.1, 0.15) is 29.8 Å². The molecule has 0 saturated carbocycles. The van der Waals surface area contributed by atoms with Crippen molar-refractivity contribution in [3.63, 3.8) is 0 Å². The average molecular weight is 427 g/mol. The van der Waals surface area contributed by atoms with Gasteiger partial charge in [0.1, 0.15) is 44.0 Å². The molecule has 162 valence electrons. The summed E-state index contributed by atoms with van der Waals surface area (Å²) in [5.41, 5.74) is 3.15. The Morgan fingerprint density at radius 1 is 0.812 bits per heavy atom.